The minimum Gasteiger partial charge on any atom is -0.392 e. The van der Waals surface area contributed by atoms with Gasteiger partial charge in [-0.05, 0) is 5.56 Å². The van der Waals surface area contributed by atoms with Crippen molar-refractivity contribution in [3.8, 4) is 0 Å². The van der Waals surface area contributed by atoms with Crippen molar-refractivity contribution in [2.24, 2.45) is 0 Å². The summed E-state index contributed by atoms with van der Waals surface area (Å²) in [7, 11) is 0. The molecule has 1 aromatic rings. The zero-order chi connectivity index (χ0) is 9.26. The molecule has 68 valence electrons. The summed E-state index contributed by atoms with van der Waals surface area (Å²) >= 11 is 0. The summed E-state index contributed by atoms with van der Waals surface area (Å²) in [6, 6.07) is 9.74. The van der Waals surface area contributed by atoms with Crippen LogP contribution in [-0.4, -0.2) is 17.0 Å². The van der Waals surface area contributed by atoms with Crippen LogP contribution in [0.15, 0.2) is 30.3 Å². The molecule has 0 unspecified atom stereocenters. The van der Waals surface area contributed by atoms with Gasteiger partial charge >= 0.3 is 0 Å². The van der Waals surface area contributed by atoms with Gasteiger partial charge in [0.25, 0.3) is 0 Å². The van der Waals surface area contributed by atoms with Crippen LogP contribution in [0.3, 0.4) is 0 Å². The van der Waals surface area contributed by atoms with Gasteiger partial charge in [-0.3, -0.25) is 4.79 Å². The van der Waals surface area contributed by atoms with Crippen molar-refractivity contribution in [1.82, 2.24) is 0 Å². The third-order valence-electron chi connectivity index (χ3n) is 2.58. The summed E-state index contributed by atoms with van der Waals surface area (Å²) in [6.45, 7) is 0. The minimum absolute atomic E-state index is 0.0219. The van der Waals surface area contributed by atoms with Crippen molar-refractivity contribution in [2.75, 3.05) is 0 Å². The standard InChI is InChI=1S/C11H12O2/c12-9-6-10(11(13)7-9)8-4-2-1-3-5-8/h1-5,10-11,13H,6-7H2/t10-,11-/m1/s1. The van der Waals surface area contributed by atoms with E-state index in [1.807, 2.05) is 30.3 Å². The largest absolute Gasteiger partial charge is 0.392 e. The molecule has 0 spiro atoms. The second-order valence-corrected chi connectivity index (χ2v) is 3.53. The van der Waals surface area contributed by atoms with Gasteiger partial charge in [0, 0.05) is 18.8 Å². The van der Waals surface area contributed by atoms with Gasteiger partial charge in [0.1, 0.15) is 5.78 Å². The molecule has 13 heavy (non-hydrogen) atoms. The highest BCUT2D eigenvalue weighted by Crippen LogP contribution is 2.31. The Balaban J connectivity index is 2.23. The van der Waals surface area contributed by atoms with Crippen LogP contribution in [0.4, 0.5) is 0 Å². The Kier molecular flexibility index (Phi) is 2.15. The van der Waals surface area contributed by atoms with E-state index in [2.05, 4.69) is 0 Å². The number of hydrogen-bond donors (Lipinski definition) is 1. The summed E-state index contributed by atoms with van der Waals surface area (Å²) < 4.78 is 0. The van der Waals surface area contributed by atoms with E-state index in [-0.39, 0.29) is 11.7 Å². The van der Waals surface area contributed by atoms with E-state index < -0.39 is 6.10 Å². The number of benzene rings is 1. The lowest BCUT2D eigenvalue weighted by molar-refractivity contribution is -0.117. The number of aliphatic hydroxyl groups is 1. The highest BCUT2D eigenvalue weighted by molar-refractivity contribution is 5.82. The quantitative estimate of drug-likeness (QED) is 0.704. The number of rotatable bonds is 1. The predicted molar refractivity (Wildman–Crippen MR) is 49.4 cm³/mol. The van der Waals surface area contributed by atoms with E-state index in [0.717, 1.165) is 5.56 Å². The molecule has 0 aliphatic heterocycles. The number of aliphatic hydroxyl groups excluding tert-OH is 1. The number of ketones is 1. The lowest BCUT2D eigenvalue weighted by Crippen LogP contribution is -2.10. The van der Waals surface area contributed by atoms with Gasteiger partial charge in [0.05, 0.1) is 6.10 Å². The number of carbonyl (C=O) groups excluding carboxylic acids is 1. The molecule has 0 bridgehead atoms. The fourth-order valence-corrected chi connectivity index (χ4v) is 1.88. The summed E-state index contributed by atoms with van der Waals surface area (Å²) in [4.78, 5) is 11.1. The summed E-state index contributed by atoms with van der Waals surface area (Å²) in [5.41, 5.74) is 1.07. The van der Waals surface area contributed by atoms with E-state index in [9.17, 15) is 9.90 Å². The minimum atomic E-state index is -0.477. The maximum atomic E-state index is 11.1. The zero-order valence-corrected chi connectivity index (χ0v) is 7.31. The molecule has 2 atom stereocenters. The Morgan fingerprint density at radius 2 is 1.85 bits per heavy atom. The van der Waals surface area contributed by atoms with Crippen molar-refractivity contribution < 1.29 is 9.90 Å². The van der Waals surface area contributed by atoms with E-state index in [4.69, 9.17) is 0 Å². The molecular weight excluding hydrogens is 164 g/mol. The van der Waals surface area contributed by atoms with Crippen LogP contribution in [0.25, 0.3) is 0 Å². The average molecular weight is 176 g/mol. The molecule has 1 aliphatic carbocycles. The van der Waals surface area contributed by atoms with Gasteiger partial charge < -0.3 is 5.11 Å². The highest BCUT2D eigenvalue weighted by Gasteiger charge is 2.32. The lowest BCUT2D eigenvalue weighted by Gasteiger charge is -2.12. The first kappa shape index (κ1) is 8.45. The number of hydrogen-bond acceptors (Lipinski definition) is 2. The second kappa shape index (κ2) is 3.30. The molecule has 0 heterocycles. The van der Waals surface area contributed by atoms with Crippen LogP contribution in [0, 0.1) is 0 Å². The molecule has 1 N–H and O–H groups in total. The van der Waals surface area contributed by atoms with Gasteiger partial charge in [0.15, 0.2) is 0 Å². The normalized spacial score (nSPS) is 27.9. The summed E-state index contributed by atoms with van der Waals surface area (Å²) in [5, 5.41) is 9.59. The fraction of sp³-hybridized carbons (Fsp3) is 0.364. The fourth-order valence-electron chi connectivity index (χ4n) is 1.88. The van der Waals surface area contributed by atoms with Gasteiger partial charge in [-0.15, -0.1) is 0 Å². The first-order chi connectivity index (χ1) is 6.27. The van der Waals surface area contributed by atoms with Gasteiger partial charge in [-0.1, -0.05) is 30.3 Å². The van der Waals surface area contributed by atoms with Crippen LogP contribution in [0.2, 0.25) is 0 Å². The van der Waals surface area contributed by atoms with Crippen LogP contribution < -0.4 is 0 Å². The molecule has 1 saturated carbocycles. The third-order valence-corrected chi connectivity index (χ3v) is 2.58. The molecular formula is C11H12O2. The molecule has 2 heteroatoms. The Bertz CT molecular complexity index is 305. The number of carbonyl (C=O) groups is 1. The zero-order valence-electron chi connectivity index (χ0n) is 7.31. The Morgan fingerprint density at radius 3 is 2.38 bits per heavy atom. The maximum absolute atomic E-state index is 11.1. The molecule has 0 amide bonds. The van der Waals surface area contributed by atoms with Crippen molar-refractivity contribution in [2.45, 2.75) is 24.9 Å². The maximum Gasteiger partial charge on any atom is 0.136 e. The Labute approximate surface area is 77.2 Å². The van der Waals surface area contributed by atoms with Crippen LogP contribution in [0.5, 0.6) is 0 Å². The first-order valence-electron chi connectivity index (χ1n) is 4.52. The average Bonchev–Trinajstić information content (AvgIpc) is 2.47. The van der Waals surface area contributed by atoms with Gasteiger partial charge in [0.2, 0.25) is 0 Å². The van der Waals surface area contributed by atoms with E-state index in [0.29, 0.717) is 12.8 Å². The van der Waals surface area contributed by atoms with Crippen molar-refractivity contribution in [3.05, 3.63) is 35.9 Å². The predicted octanol–water partition coefficient (Wildman–Crippen LogP) is 1.49. The molecule has 1 aromatic carbocycles. The van der Waals surface area contributed by atoms with Gasteiger partial charge in [-0.25, -0.2) is 0 Å². The molecule has 1 fully saturated rings. The van der Waals surface area contributed by atoms with Crippen LogP contribution in [0.1, 0.15) is 24.3 Å². The molecule has 0 saturated heterocycles. The smallest absolute Gasteiger partial charge is 0.136 e. The van der Waals surface area contributed by atoms with Crippen LogP contribution >= 0.6 is 0 Å². The molecule has 2 nitrogen and oxygen atoms in total. The van der Waals surface area contributed by atoms with E-state index >= 15 is 0 Å². The second-order valence-electron chi connectivity index (χ2n) is 3.53. The third kappa shape index (κ3) is 1.63. The molecule has 0 radical (unpaired) electrons. The molecule has 1 aliphatic rings. The number of Topliss-reactive ketones (excluding diaryl/α,β-unsaturated/α-hetero) is 1. The summed E-state index contributed by atoms with van der Waals surface area (Å²) in [6.07, 6.45) is 0.333. The molecule has 2 rings (SSSR count). The first-order valence-corrected chi connectivity index (χ1v) is 4.52. The van der Waals surface area contributed by atoms with E-state index in [1.165, 1.54) is 0 Å². The highest BCUT2D eigenvalue weighted by atomic mass is 16.3. The Hall–Kier alpha value is -1.15. The van der Waals surface area contributed by atoms with Crippen molar-refractivity contribution in [1.29, 1.82) is 0 Å². The molecule has 0 aromatic heterocycles. The lowest BCUT2D eigenvalue weighted by atomic mass is 9.96. The van der Waals surface area contributed by atoms with E-state index in [1.54, 1.807) is 0 Å². The van der Waals surface area contributed by atoms with Gasteiger partial charge in [-0.2, -0.15) is 0 Å². The summed E-state index contributed by atoms with van der Waals surface area (Å²) in [5.74, 6) is 0.190. The topological polar surface area (TPSA) is 37.3 Å². The van der Waals surface area contributed by atoms with Crippen molar-refractivity contribution in [3.63, 3.8) is 0 Å². The van der Waals surface area contributed by atoms with Crippen molar-refractivity contribution >= 4 is 5.78 Å². The SMILES string of the molecule is O=C1C[C@@H](O)[C@@H](c2ccccc2)C1. The Morgan fingerprint density at radius 1 is 1.15 bits per heavy atom. The van der Waals surface area contributed by atoms with Crippen LogP contribution in [-0.2, 0) is 4.79 Å². The monoisotopic (exact) mass is 176 g/mol.